The lowest BCUT2D eigenvalue weighted by atomic mass is 9.94. The molecule has 1 aromatic rings. The van der Waals surface area contributed by atoms with Crippen molar-refractivity contribution in [3.63, 3.8) is 0 Å². The van der Waals surface area contributed by atoms with Crippen molar-refractivity contribution in [1.82, 2.24) is 0 Å². The number of rotatable bonds is 2. The first kappa shape index (κ1) is 10.2. The number of benzene rings is 1. The van der Waals surface area contributed by atoms with Crippen molar-refractivity contribution in [1.29, 1.82) is 5.26 Å². The van der Waals surface area contributed by atoms with Crippen LogP contribution in [0.25, 0.3) is 0 Å². The molecule has 0 amide bonds. The minimum Gasteiger partial charge on any atom is -0.292 e. The van der Waals surface area contributed by atoms with Crippen molar-refractivity contribution in [2.75, 3.05) is 6.54 Å². The zero-order valence-corrected chi connectivity index (χ0v) is 9.04. The first-order chi connectivity index (χ1) is 7.31. The smallest absolute Gasteiger partial charge is 0.109 e. The van der Waals surface area contributed by atoms with Crippen LogP contribution in [0.3, 0.4) is 0 Å². The maximum absolute atomic E-state index is 9.15. The summed E-state index contributed by atoms with van der Waals surface area (Å²) in [5, 5.41) is 9.84. The third kappa shape index (κ3) is 2.19. The standard InChI is InChI=1S/C12H11ClN2/c13-10-5-3-9(4-6-10)11(8-14)12-2-1-7-15-12/h3-6,11H,1-2,7H2. The van der Waals surface area contributed by atoms with Gasteiger partial charge in [-0.3, -0.25) is 4.99 Å². The van der Waals surface area contributed by atoms with Crippen molar-refractivity contribution in [2.24, 2.45) is 4.99 Å². The van der Waals surface area contributed by atoms with Gasteiger partial charge in [-0.1, -0.05) is 23.7 Å². The van der Waals surface area contributed by atoms with Crippen molar-refractivity contribution in [3.05, 3.63) is 34.9 Å². The van der Waals surface area contributed by atoms with E-state index in [4.69, 9.17) is 16.9 Å². The Balaban J connectivity index is 2.27. The summed E-state index contributed by atoms with van der Waals surface area (Å²) < 4.78 is 0. The van der Waals surface area contributed by atoms with Crippen LogP contribution in [0, 0.1) is 11.3 Å². The van der Waals surface area contributed by atoms with Crippen LogP contribution in [0.5, 0.6) is 0 Å². The molecule has 0 fully saturated rings. The SMILES string of the molecule is N#CC(C1=NCCC1)c1ccc(Cl)cc1. The number of nitrogens with zero attached hydrogens (tertiary/aromatic N) is 2. The Morgan fingerprint density at radius 1 is 1.33 bits per heavy atom. The summed E-state index contributed by atoms with van der Waals surface area (Å²) in [5.41, 5.74) is 2.00. The Morgan fingerprint density at radius 2 is 2.07 bits per heavy atom. The molecule has 0 N–H and O–H groups in total. The van der Waals surface area contributed by atoms with Crippen LogP contribution in [0.1, 0.15) is 24.3 Å². The van der Waals surface area contributed by atoms with Crippen molar-refractivity contribution >= 4 is 17.3 Å². The maximum Gasteiger partial charge on any atom is 0.109 e. The Hall–Kier alpha value is -1.33. The summed E-state index contributed by atoms with van der Waals surface area (Å²) in [6.07, 6.45) is 2.02. The maximum atomic E-state index is 9.15. The van der Waals surface area contributed by atoms with Crippen molar-refractivity contribution < 1.29 is 0 Å². The molecule has 1 heterocycles. The molecule has 0 radical (unpaired) electrons. The number of aliphatic imine (C=N–C) groups is 1. The molecule has 2 nitrogen and oxygen atoms in total. The van der Waals surface area contributed by atoms with Gasteiger partial charge in [0.15, 0.2) is 0 Å². The molecule has 3 heteroatoms. The van der Waals surface area contributed by atoms with Gasteiger partial charge in [-0.05, 0) is 30.5 Å². The van der Waals surface area contributed by atoms with E-state index < -0.39 is 0 Å². The molecule has 0 aliphatic carbocycles. The van der Waals surface area contributed by atoms with Crippen molar-refractivity contribution in [2.45, 2.75) is 18.8 Å². The lowest BCUT2D eigenvalue weighted by molar-refractivity contribution is 0.946. The Labute approximate surface area is 94.2 Å². The summed E-state index contributed by atoms with van der Waals surface area (Å²) >= 11 is 5.81. The second-order valence-electron chi connectivity index (χ2n) is 3.59. The van der Waals surface area contributed by atoms with Crippen LogP contribution in [0.2, 0.25) is 5.02 Å². The van der Waals surface area contributed by atoms with Crippen LogP contribution in [-0.2, 0) is 0 Å². The molecule has 0 aromatic heterocycles. The fourth-order valence-corrected chi connectivity index (χ4v) is 1.92. The average Bonchev–Trinajstić information content (AvgIpc) is 2.75. The summed E-state index contributed by atoms with van der Waals surface area (Å²) in [6.45, 7) is 0.862. The van der Waals surface area contributed by atoms with E-state index in [0.717, 1.165) is 30.7 Å². The largest absolute Gasteiger partial charge is 0.292 e. The van der Waals surface area contributed by atoms with Gasteiger partial charge in [-0.2, -0.15) is 5.26 Å². The van der Waals surface area contributed by atoms with Crippen LogP contribution in [0.15, 0.2) is 29.3 Å². The number of hydrogen-bond donors (Lipinski definition) is 0. The van der Waals surface area contributed by atoms with Gasteiger partial charge in [0.05, 0.1) is 6.07 Å². The molecule has 1 aliphatic heterocycles. The minimum absolute atomic E-state index is 0.190. The third-order valence-electron chi connectivity index (χ3n) is 2.57. The van der Waals surface area contributed by atoms with E-state index >= 15 is 0 Å². The Kier molecular flexibility index (Phi) is 3.03. The number of hydrogen-bond acceptors (Lipinski definition) is 2. The van der Waals surface area contributed by atoms with E-state index in [1.54, 1.807) is 0 Å². The molecule has 0 bridgehead atoms. The fraction of sp³-hybridized carbons (Fsp3) is 0.333. The van der Waals surface area contributed by atoms with Crippen LogP contribution < -0.4 is 0 Å². The fourth-order valence-electron chi connectivity index (χ4n) is 1.79. The van der Waals surface area contributed by atoms with Crippen LogP contribution in [-0.4, -0.2) is 12.3 Å². The lowest BCUT2D eigenvalue weighted by Crippen LogP contribution is -2.07. The molecule has 0 spiro atoms. The normalized spacial score (nSPS) is 16.9. The van der Waals surface area contributed by atoms with Gasteiger partial charge in [0.1, 0.15) is 5.92 Å². The quantitative estimate of drug-likeness (QED) is 0.751. The molecule has 0 saturated carbocycles. The Bertz CT molecular complexity index is 414. The average molecular weight is 219 g/mol. The van der Waals surface area contributed by atoms with E-state index in [-0.39, 0.29) is 5.92 Å². The summed E-state index contributed by atoms with van der Waals surface area (Å²) in [4.78, 5) is 4.37. The van der Waals surface area contributed by atoms with E-state index in [2.05, 4.69) is 11.1 Å². The highest BCUT2D eigenvalue weighted by molar-refractivity contribution is 6.30. The van der Waals surface area contributed by atoms with E-state index in [9.17, 15) is 0 Å². The third-order valence-corrected chi connectivity index (χ3v) is 2.82. The monoisotopic (exact) mass is 218 g/mol. The second kappa shape index (κ2) is 4.46. The predicted molar refractivity (Wildman–Crippen MR) is 61.3 cm³/mol. The predicted octanol–water partition coefficient (Wildman–Crippen LogP) is 3.18. The lowest BCUT2D eigenvalue weighted by Gasteiger charge is -2.08. The van der Waals surface area contributed by atoms with Crippen LogP contribution >= 0.6 is 11.6 Å². The number of halogens is 1. The van der Waals surface area contributed by atoms with E-state index in [0.29, 0.717) is 5.02 Å². The molecule has 0 saturated heterocycles. The molecule has 15 heavy (non-hydrogen) atoms. The summed E-state index contributed by atoms with van der Waals surface area (Å²) in [6, 6.07) is 9.74. The van der Waals surface area contributed by atoms with Gasteiger partial charge < -0.3 is 0 Å². The highest BCUT2D eigenvalue weighted by atomic mass is 35.5. The highest BCUT2D eigenvalue weighted by Gasteiger charge is 2.19. The molecular formula is C12H11ClN2. The van der Waals surface area contributed by atoms with E-state index in [1.807, 2.05) is 24.3 Å². The molecule has 76 valence electrons. The molecule has 1 atom stereocenters. The van der Waals surface area contributed by atoms with Gasteiger partial charge in [0.25, 0.3) is 0 Å². The van der Waals surface area contributed by atoms with Gasteiger partial charge in [0.2, 0.25) is 0 Å². The van der Waals surface area contributed by atoms with Gasteiger partial charge in [-0.25, -0.2) is 0 Å². The molecule has 1 unspecified atom stereocenters. The van der Waals surface area contributed by atoms with Gasteiger partial charge in [0, 0.05) is 17.3 Å². The molecule has 1 aromatic carbocycles. The highest BCUT2D eigenvalue weighted by Crippen LogP contribution is 2.23. The molecule has 1 aliphatic rings. The zero-order valence-electron chi connectivity index (χ0n) is 8.28. The Morgan fingerprint density at radius 3 is 2.60 bits per heavy atom. The number of nitriles is 1. The second-order valence-corrected chi connectivity index (χ2v) is 4.03. The summed E-state index contributed by atoms with van der Waals surface area (Å²) in [5.74, 6) is -0.190. The van der Waals surface area contributed by atoms with Gasteiger partial charge >= 0.3 is 0 Å². The minimum atomic E-state index is -0.190. The summed E-state index contributed by atoms with van der Waals surface area (Å²) in [7, 11) is 0. The molecular weight excluding hydrogens is 208 g/mol. The van der Waals surface area contributed by atoms with Crippen molar-refractivity contribution in [3.8, 4) is 6.07 Å². The first-order valence-corrected chi connectivity index (χ1v) is 5.37. The van der Waals surface area contributed by atoms with E-state index in [1.165, 1.54) is 0 Å². The topological polar surface area (TPSA) is 36.1 Å². The van der Waals surface area contributed by atoms with Crippen LogP contribution in [0.4, 0.5) is 0 Å². The molecule has 2 rings (SSSR count). The first-order valence-electron chi connectivity index (χ1n) is 4.99. The van der Waals surface area contributed by atoms with Gasteiger partial charge in [-0.15, -0.1) is 0 Å². The zero-order chi connectivity index (χ0) is 10.7.